The zero-order chi connectivity index (χ0) is 30.6. The van der Waals surface area contributed by atoms with Gasteiger partial charge in [0.2, 0.25) is 17.8 Å². The van der Waals surface area contributed by atoms with Gasteiger partial charge in [-0.05, 0) is 18.6 Å². The molecule has 0 spiro atoms. The molecule has 0 bridgehead atoms. The molecule has 6 rings (SSSR count). The highest BCUT2D eigenvalue weighted by Gasteiger charge is 2.27. The van der Waals surface area contributed by atoms with Crippen molar-refractivity contribution in [3.63, 3.8) is 0 Å². The predicted molar refractivity (Wildman–Crippen MR) is 160 cm³/mol. The molecule has 4 aromatic rings. The quantitative estimate of drug-likeness (QED) is 0.280. The molecule has 3 aromatic heterocycles. The second-order valence-electron chi connectivity index (χ2n) is 10.5. The Kier molecular flexibility index (Phi) is 8.90. The third-order valence-electron chi connectivity index (χ3n) is 7.62. The van der Waals surface area contributed by atoms with Gasteiger partial charge in [-0.2, -0.15) is 15.0 Å². The maximum absolute atomic E-state index is 14.4. The van der Waals surface area contributed by atoms with E-state index in [4.69, 9.17) is 29.9 Å². The van der Waals surface area contributed by atoms with Crippen molar-refractivity contribution in [2.24, 2.45) is 0 Å². The molecule has 0 atom stereocenters. The first-order valence-corrected chi connectivity index (χ1v) is 14.5. The number of imidazole rings is 1. The van der Waals surface area contributed by atoms with Crippen molar-refractivity contribution in [3.05, 3.63) is 30.2 Å². The maximum atomic E-state index is 14.4. The summed E-state index contributed by atoms with van der Waals surface area (Å²) in [7, 11) is 3.37. The number of rotatable bonds is 10. The Labute approximate surface area is 252 Å². The number of anilines is 3. The minimum atomic E-state index is -2.92. The molecule has 0 amide bonds. The Bertz CT molecular complexity index is 1590. The van der Waals surface area contributed by atoms with E-state index in [0.717, 1.165) is 39.3 Å². The first-order chi connectivity index (χ1) is 21.4. The van der Waals surface area contributed by atoms with Crippen LogP contribution in [0.15, 0.2) is 24.4 Å². The number of hydrogen-bond acceptors (Lipinski definition) is 13. The third-order valence-corrected chi connectivity index (χ3v) is 7.62. The second kappa shape index (κ2) is 13.2. The zero-order valence-corrected chi connectivity index (χ0v) is 24.7. The van der Waals surface area contributed by atoms with Gasteiger partial charge in [-0.3, -0.25) is 9.47 Å². The number of nitrogens with zero attached hydrogens (tertiary/aromatic N) is 10. The molecule has 44 heavy (non-hydrogen) atoms. The number of fused-ring (bicyclic) bond motifs is 1. The van der Waals surface area contributed by atoms with Crippen LogP contribution in [-0.2, 0) is 9.47 Å². The molecular formula is C28H35F2N11O3. The highest BCUT2D eigenvalue weighted by Crippen LogP contribution is 2.33. The molecule has 16 heteroatoms. The summed E-state index contributed by atoms with van der Waals surface area (Å²) < 4.78 is 46.4. The molecule has 1 aromatic carbocycles. The first kappa shape index (κ1) is 29.8. The average Bonchev–Trinajstić information content (AvgIpc) is 3.46. The van der Waals surface area contributed by atoms with E-state index in [9.17, 15) is 8.78 Å². The van der Waals surface area contributed by atoms with Gasteiger partial charge >= 0.3 is 0 Å². The van der Waals surface area contributed by atoms with E-state index in [1.165, 1.54) is 17.9 Å². The van der Waals surface area contributed by atoms with Gasteiger partial charge in [0.15, 0.2) is 11.6 Å². The lowest BCUT2D eigenvalue weighted by atomic mass is 10.3. The van der Waals surface area contributed by atoms with Gasteiger partial charge in [0, 0.05) is 46.3 Å². The highest BCUT2D eigenvalue weighted by molar-refractivity contribution is 5.84. The number of alkyl halides is 2. The standard InChI is InChI=1S/C28H35F2N11O3/c1-38(7-4-8-39-9-13-43-14-10-39)26-32-17-18(31)21(34-26)24-35-27(40-11-15-44-16-12-40)37-28(36-24)41-19-5-3-6-20(42-2)22(19)33-25(41)23(29)30/h3,5-6,17,23H,4,7-16,31H2,1-2H3. The largest absolute Gasteiger partial charge is 0.494 e. The van der Waals surface area contributed by atoms with E-state index < -0.39 is 12.2 Å². The van der Waals surface area contributed by atoms with Gasteiger partial charge in [-0.1, -0.05) is 6.07 Å². The molecule has 5 heterocycles. The van der Waals surface area contributed by atoms with E-state index >= 15 is 0 Å². The fourth-order valence-electron chi connectivity index (χ4n) is 5.28. The molecule has 2 aliphatic heterocycles. The van der Waals surface area contributed by atoms with Crippen LogP contribution in [0.25, 0.3) is 28.5 Å². The second-order valence-corrected chi connectivity index (χ2v) is 10.5. The number of nitrogen functional groups attached to an aromatic ring is 1. The number of morpholine rings is 2. The van der Waals surface area contributed by atoms with Crippen LogP contribution in [0, 0.1) is 0 Å². The van der Waals surface area contributed by atoms with E-state index in [2.05, 4.69) is 24.8 Å². The number of hydrogen-bond donors (Lipinski definition) is 1. The molecule has 0 unspecified atom stereocenters. The SMILES string of the molecule is COc1cccc2c1nc(C(F)F)n2-c1nc(-c2nc(N(C)CCCN3CCOCC3)ncc2N)nc(N2CCOCC2)n1. The normalized spacial score (nSPS) is 16.2. The number of aromatic nitrogens is 7. The van der Waals surface area contributed by atoms with Crippen molar-refractivity contribution in [2.45, 2.75) is 12.8 Å². The topological polar surface area (TPSA) is 146 Å². The molecule has 234 valence electrons. The van der Waals surface area contributed by atoms with Crippen molar-refractivity contribution in [3.8, 4) is 23.2 Å². The van der Waals surface area contributed by atoms with Crippen molar-refractivity contribution in [1.29, 1.82) is 0 Å². The summed E-state index contributed by atoms with van der Waals surface area (Å²) in [5, 5.41) is 0. The summed E-state index contributed by atoms with van der Waals surface area (Å²) in [4.78, 5) is 33.6. The summed E-state index contributed by atoms with van der Waals surface area (Å²) in [5.74, 6) is 0.650. The monoisotopic (exact) mass is 611 g/mol. The van der Waals surface area contributed by atoms with Crippen molar-refractivity contribution in [1.82, 2.24) is 39.4 Å². The molecule has 2 fully saturated rings. The number of ether oxygens (including phenoxy) is 3. The molecule has 0 aliphatic carbocycles. The number of halogens is 2. The number of nitrogens with two attached hydrogens (primary N) is 1. The molecule has 0 saturated carbocycles. The van der Waals surface area contributed by atoms with E-state index in [0.29, 0.717) is 50.1 Å². The number of para-hydroxylation sites is 1. The van der Waals surface area contributed by atoms with Crippen LogP contribution in [0.2, 0.25) is 0 Å². The lowest BCUT2D eigenvalue weighted by molar-refractivity contribution is 0.0377. The van der Waals surface area contributed by atoms with E-state index in [-0.39, 0.29) is 34.6 Å². The van der Waals surface area contributed by atoms with Crippen LogP contribution in [0.1, 0.15) is 18.7 Å². The lowest BCUT2D eigenvalue weighted by Gasteiger charge is -2.27. The Morgan fingerprint density at radius 2 is 1.70 bits per heavy atom. The van der Waals surface area contributed by atoms with Gasteiger partial charge < -0.3 is 29.7 Å². The van der Waals surface area contributed by atoms with Crippen molar-refractivity contribution < 1.29 is 23.0 Å². The van der Waals surface area contributed by atoms with Gasteiger partial charge in [-0.15, -0.1) is 0 Å². The third kappa shape index (κ3) is 6.18. The highest BCUT2D eigenvalue weighted by atomic mass is 19.3. The fraction of sp³-hybridized carbons (Fsp3) is 0.500. The first-order valence-electron chi connectivity index (χ1n) is 14.5. The Hall–Kier alpha value is -4.28. The zero-order valence-electron chi connectivity index (χ0n) is 24.7. The van der Waals surface area contributed by atoms with Crippen molar-refractivity contribution >= 4 is 28.6 Å². The molecule has 2 N–H and O–H groups in total. The molecule has 14 nitrogen and oxygen atoms in total. The molecular weight excluding hydrogens is 576 g/mol. The number of methoxy groups -OCH3 is 1. The van der Waals surface area contributed by atoms with E-state index in [1.807, 2.05) is 16.8 Å². The van der Waals surface area contributed by atoms with Gasteiger partial charge in [0.05, 0.1) is 50.9 Å². The minimum absolute atomic E-state index is 0.0408. The fourth-order valence-corrected chi connectivity index (χ4v) is 5.28. The van der Waals surface area contributed by atoms with Gasteiger partial charge in [0.1, 0.15) is 17.0 Å². The van der Waals surface area contributed by atoms with Gasteiger partial charge in [-0.25, -0.2) is 23.7 Å². The average molecular weight is 612 g/mol. The van der Waals surface area contributed by atoms with Gasteiger partial charge in [0.25, 0.3) is 6.43 Å². The van der Waals surface area contributed by atoms with Crippen molar-refractivity contribution in [2.75, 3.05) is 95.4 Å². The summed E-state index contributed by atoms with van der Waals surface area (Å²) in [6, 6.07) is 5.02. The summed E-state index contributed by atoms with van der Waals surface area (Å²) in [6.45, 7) is 6.96. The Morgan fingerprint density at radius 1 is 0.977 bits per heavy atom. The maximum Gasteiger partial charge on any atom is 0.296 e. The van der Waals surface area contributed by atoms with E-state index in [1.54, 1.807) is 18.2 Å². The Balaban J connectivity index is 1.40. The van der Waals surface area contributed by atoms with Crippen LogP contribution < -0.4 is 20.3 Å². The molecule has 2 aliphatic rings. The van der Waals surface area contributed by atoms with Crippen LogP contribution in [0.5, 0.6) is 5.75 Å². The van der Waals surface area contributed by atoms with Crippen LogP contribution in [-0.4, -0.2) is 119 Å². The summed E-state index contributed by atoms with van der Waals surface area (Å²) >= 11 is 0. The lowest BCUT2D eigenvalue weighted by Crippen LogP contribution is -2.38. The molecule has 2 saturated heterocycles. The number of benzene rings is 1. The minimum Gasteiger partial charge on any atom is -0.494 e. The summed E-state index contributed by atoms with van der Waals surface area (Å²) in [5.41, 5.74) is 7.51. The molecule has 0 radical (unpaired) electrons. The smallest absolute Gasteiger partial charge is 0.296 e. The van der Waals surface area contributed by atoms with Crippen LogP contribution in [0.3, 0.4) is 0 Å². The Morgan fingerprint density at radius 3 is 2.43 bits per heavy atom. The predicted octanol–water partition coefficient (Wildman–Crippen LogP) is 2.19. The van der Waals surface area contributed by atoms with Crippen LogP contribution in [0.4, 0.5) is 26.4 Å². The summed E-state index contributed by atoms with van der Waals surface area (Å²) in [6.07, 6.45) is -0.499. The van der Waals surface area contributed by atoms with Crippen LogP contribution >= 0.6 is 0 Å².